The van der Waals surface area contributed by atoms with Crippen LogP contribution in [-0.2, 0) is 9.53 Å². The van der Waals surface area contributed by atoms with E-state index < -0.39 is 5.60 Å². The van der Waals surface area contributed by atoms with Gasteiger partial charge >= 0.3 is 6.09 Å². The largest absolute Gasteiger partial charge is 0.444 e. The topological polar surface area (TPSA) is 49.9 Å². The molecule has 122 valence electrons. The van der Waals surface area contributed by atoms with Crippen LogP contribution in [0, 0.1) is 11.8 Å². The summed E-state index contributed by atoms with van der Waals surface area (Å²) in [7, 11) is 1.86. The molecule has 1 heterocycles. The smallest absolute Gasteiger partial charge is 0.410 e. The Balaban J connectivity index is 2.45. The standard InChI is InChI=1S/C16H30N2O3/c1-12(2)11-17(6)14(19)13-7-9-18(10-8-13)15(20)21-16(3,4)5/h12-13H,7-11H2,1-6H3. The lowest BCUT2D eigenvalue weighted by atomic mass is 9.95. The van der Waals surface area contributed by atoms with Crippen molar-refractivity contribution in [1.29, 1.82) is 0 Å². The van der Waals surface area contributed by atoms with Gasteiger partial charge in [0.25, 0.3) is 0 Å². The van der Waals surface area contributed by atoms with Crippen LogP contribution in [0.3, 0.4) is 0 Å². The zero-order valence-electron chi connectivity index (χ0n) is 14.3. The second kappa shape index (κ2) is 7.14. The van der Waals surface area contributed by atoms with Crippen molar-refractivity contribution in [1.82, 2.24) is 9.80 Å². The van der Waals surface area contributed by atoms with Crippen LogP contribution in [0.25, 0.3) is 0 Å². The highest BCUT2D eigenvalue weighted by Crippen LogP contribution is 2.21. The van der Waals surface area contributed by atoms with Crippen molar-refractivity contribution in [3.05, 3.63) is 0 Å². The number of likely N-dealkylation sites (tertiary alicyclic amines) is 1. The predicted molar refractivity (Wildman–Crippen MR) is 83.0 cm³/mol. The Bertz CT molecular complexity index is 366. The molecule has 0 saturated carbocycles. The fraction of sp³-hybridized carbons (Fsp3) is 0.875. The molecule has 0 unspecified atom stereocenters. The van der Waals surface area contributed by atoms with Crippen LogP contribution in [0.4, 0.5) is 4.79 Å². The Morgan fingerprint density at radius 1 is 1.24 bits per heavy atom. The van der Waals surface area contributed by atoms with Crippen molar-refractivity contribution < 1.29 is 14.3 Å². The lowest BCUT2D eigenvalue weighted by Crippen LogP contribution is -2.45. The molecule has 0 radical (unpaired) electrons. The molecule has 5 heteroatoms. The molecule has 0 aliphatic carbocycles. The van der Waals surface area contributed by atoms with E-state index in [1.54, 1.807) is 4.90 Å². The minimum absolute atomic E-state index is 0.0347. The van der Waals surface area contributed by atoms with E-state index >= 15 is 0 Å². The van der Waals surface area contributed by atoms with E-state index in [2.05, 4.69) is 13.8 Å². The number of carbonyl (C=O) groups is 2. The molecule has 1 rings (SSSR count). The molecule has 1 aliphatic heterocycles. The summed E-state index contributed by atoms with van der Waals surface area (Å²) in [6, 6.07) is 0. The van der Waals surface area contributed by atoms with Crippen molar-refractivity contribution >= 4 is 12.0 Å². The number of hydrogen-bond acceptors (Lipinski definition) is 3. The van der Waals surface area contributed by atoms with Gasteiger partial charge in [0, 0.05) is 32.6 Å². The Hall–Kier alpha value is -1.26. The molecule has 2 amide bonds. The summed E-state index contributed by atoms with van der Waals surface area (Å²) in [5.74, 6) is 0.709. The SMILES string of the molecule is CC(C)CN(C)C(=O)C1CCN(C(=O)OC(C)(C)C)CC1. The normalized spacial score (nSPS) is 17.0. The lowest BCUT2D eigenvalue weighted by molar-refractivity contribution is -0.136. The first-order chi connectivity index (χ1) is 9.60. The molecule has 0 spiro atoms. The molecular weight excluding hydrogens is 268 g/mol. The van der Waals surface area contributed by atoms with Crippen molar-refractivity contribution in [3.63, 3.8) is 0 Å². The summed E-state index contributed by atoms with van der Waals surface area (Å²) in [6.07, 6.45) is 1.17. The fourth-order valence-electron chi connectivity index (χ4n) is 2.58. The summed E-state index contributed by atoms with van der Waals surface area (Å²) < 4.78 is 5.36. The maximum atomic E-state index is 12.3. The third kappa shape index (κ3) is 5.94. The Morgan fingerprint density at radius 3 is 2.19 bits per heavy atom. The predicted octanol–water partition coefficient (Wildman–Crippen LogP) is 2.75. The van der Waals surface area contributed by atoms with Crippen LogP contribution in [0.2, 0.25) is 0 Å². The number of amides is 2. The first kappa shape index (κ1) is 17.8. The van der Waals surface area contributed by atoms with Gasteiger partial charge in [-0.15, -0.1) is 0 Å². The van der Waals surface area contributed by atoms with Gasteiger partial charge in [-0.2, -0.15) is 0 Å². The lowest BCUT2D eigenvalue weighted by Gasteiger charge is -2.34. The van der Waals surface area contributed by atoms with Gasteiger partial charge in [-0.05, 0) is 39.5 Å². The summed E-state index contributed by atoms with van der Waals surface area (Å²) in [4.78, 5) is 27.8. The van der Waals surface area contributed by atoms with Crippen molar-refractivity contribution in [3.8, 4) is 0 Å². The fourth-order valence-corrected chi connectivity index (χ4v) is 2.58. The van der Waals surface area contributed by atoms with Crippen LogP contribution < -0.4 is 0 Å². The van der Waals surface area contributed by atoms with Gasteiger partial charge in [-0.3, -0.25) is 4.79 Å². The van der Waals surface area contributed by atoms with Crippen LogP contribution in [-0.4, -0.2) is 54.1 Å². The van der Waals surface area contributed by atoms with Gasteiger partial charge in [0.2, 0.25) is 5.91 Å². The van der Waals surface area contributed by atoms with Gasteiger partial charge in [-0.1, -0.05) is 13.8 Å². The van der Waals surface area contributed by atoms with Crippen LogP contribution in [0.1, 0.15) is 47.5 Å². The average Bonchev–Trinajstić information content (AvgIpc) is 2.35. The number of nitrogens with zero attached hydrogens (tertiary/aromatic N) is 2. The quantitative estimate of drug-likeness (QED) is 0.805. The minimum atomic E-state index is -0.471. The van der Waals surface area contributed by atoms with Crippen LogP contribution in [0.15, 0.2) is 0 Å². The molecule has 1 fully saturated rings. The van der Waals surface area contributed by atoms with Gasteiger partial charge in [0.15, 0.2) is 0 Å². The molecule has 0 aromatic heterocycles. The zero-order valence-corrected chi connectivity index (χ0v) is 14.3. The van der Waals surface area contributed by atoms with E-state index in [1.807, 2.05) is 32.7 Å². The van der Waals surface area contributed by atoms with E-state index in [0.29, 0.717) is 19.0 Å². The van der Waals surface area contributed by atoms with Crippen molar-refractivity contribution in [2.24, 2.45) is 11.8 Å². The second-order valence-corrected chi connectivity index (χ2v) is 7.35. The summed E-state index contributed by atoms with van der Waals surface area (Å²) >= 11 is 0. The first-order valence-electron chi connectivity index (χ1n) is 7.83. The van der Waals surface area contributed by atoms with Crippen molar-refractivity contribution in [2.45, 2.75) is 53.1 Å². The molecule has 0 atom stereocenters. The summed E-state index contributed by atoms with van der Waals surface area (Å²) in [5, 5.41) is 0. The second-order valence-electron chi connectivity index (χ2n) is 7.35. The number of carbonyl (C=O) groups excluding carboxylic acids is 2. The summed E-state index contributed by atoms with van der Waals surface area (Å²) in [6.45, 7) is 11.8. The number of rotatable bonds is 3. The molecule has 0 aromatic rings. The van der Waals surface area contributed by atoms with E-state index in [-0.39, 0.29) is 17.9 Å². The third-order valence-corrected chi connectivity index (χ3v) is 3.51. The Kier molecular flexibility index (Phi) is 6.05. The van der Waals surface area contributed by atoms with Crippen LogP contribution in [0.5, 0.6) is 0 Å². The van der Waals surface area contributed by atoms with Crippen LogP contribution >= 0.6 is 0 Å². The van der Waals surface area contributed by atoms with E-state index in [4.69, 9.17) is 4.74 Å². The molecule has 0 bridgehead atoms. The van der Waals surface area contributed by atoms with Crippen molar-refractivity contribution in [2.75, 3.05) is 26.7 Å². The minimum Gasteiger partial charge on any atom is -0.444 e. The van der Waals surface area contributed by atoms with E-state index in [0.717, 1.165) is 19.4 Å². The zero-order chi connectivity index (χ0) is 16.2. The summed E-state index contributed by atoms with van der Waals surface area (Å²) in [5.41, 5.74) is -0.471. The van der Waals surface area contributed by atoms with E-state index in [1.165, 1.54) is 0 Å². The number of piperidine rings is 1. The molecule has 1 saturated heterocycles. The highest BCUT2D eigenvalue weighted by Gasteiger charge is 2.31. The third-order valence-electron chi connectivity index (χ3n) is 3.51. The number of hydrogen-bond donors (Lipinski definition) is 0. The molecule has 0 aromatic carbocycles. The Morgan fingerprint density at radius 2 is 1.76 bits per heavy atom. The van der Waals surface area contributed by atoms with Gasteiger partial charge in [0.05, 0.1) is 0 Å². The maximum Gasteiger partial charge on any atom is 0.410 e. The highest BCUT2D eigenvalue weighted by molar-refractivity contribution is 5.79. The molecule has 1 aliphatic rings. The molecule has 0 N–H and O–H groups in total. The van der Waals surface area contributed by atoms with Gasteiger partial charge < -0.3 is 14.5 Å². The molecule has 21 heavy (non-hydrogen) atoms. The van der Waals surface area contributed by atoms with E-state index in [9.17, 15) is 9.59 Å². The molecular formula is C16H30N2O3. The number of ether oxygens (including phenoxy) is 1. The van der Waals surface area contributed by atoms with Gasteiger partial charge in [0.1, 0.15) is 5.60 Å². The Labute approximate surface area is 128 Å². The molecule has 5 nitrogen and oxygen atoms in total. The average molecular weight is 298 g/mol. The monoisotopic (exact) mass is 298 g/mol. The maximum absolute atomic E-state index is 12.3. The highest BCUT2D eigenvalue weighted by atomic mass is 16.6. The first-order valence-corrected chi connectivity index (χ1v) is 7.83. The van der Waals surface area contributed by atoms with Gasteiger partial charge in [-0.25, -0.2) is 4.79 Å².